The highest BCUT2D eigenvalue weighted by molar-refractivity contribution is 5.96. The molecule has 0 aromatic heterocycles. The third-order valence-corrected chi connectivity index (χ3v) is 5.13. The Morgan fingerprint density at radius 2 is 1.92 bits per heavy atom. The second-order valence-electron chi connectivity index (χ2n) is 7.33. The number of carbonyl (C=O) groups excluding carboxylic acids is 2. The molecule has 0 radical (unpaired) electrons. The Labute approximate surface area is 155 Å². The molecule has 26 heavy (non-hydrogen) atoms. The van der Waals surface area contributed by atoms with Gasteiger partial charge in [-0.15, -0.1) is 0 Å². The molecule has 0 bridgehead atoms. The summed E-state index contributed by atoms with van der Waals surface area (Å²) in [7, 11) is 0. The van der Waals surface area contributed by atoms with Gasteiger partial charge >= 0.3 is 5.97 Å². The molecule has 1 aromatic rings. The molecule has 1 N–H and O–H groups in total. The molecule has 4 heteroatoms. The SMILES string of the molecule is CCc1ccc(C2C(C(=O)OC(C)C)=C(C)NC3=CCCC(=O)C32)cc1. The lowest BCUT2D eigenvalue weighted by Crippen LogP contribution is -2.41. The molecule has 2 aliphatic rings. The number of fused-ring (bicyclic) bond motifs is 1. The maximum atomic E-state index is 12.9. The second-order valence-corrected chi connectivity index (χ2v) is 7.33. The van der Waals surface area contributed by atoms with E-state index in [1.807, 2.05) is 32.9 Å². The lowest BCUT2D eigenvalue weighted by Gasteiger charge is -2.38. The zero-order valence-corrected chi connectivity index (χ0v) is 16.0. The van der Waals surface area contributed by atoms with Crippen molar-refractivity contribution in [2.45, 2.75) is 59.0 Å². The van der Waals surface area contributed by atoms with Crippen LogP contribution in [0.5, 0.6) is 0 Å². The summed E-state index contributed by atoms with van der Waals surface area (Å²) in [6.45, 7) is 7.68. The van der Waals surface area contributed by atoms with Crippen molar-refractivity contribution in [2.75, 3.05) is 0 Å². The van der Waals surface area contributed by atoms with E-state index in [2.05, 4.69) is 30.4 Å². The fourth-order valence-electron chi connectivity index (χ4n) is 3.88. The molecule has 1 heterocycles. The van der Waals surface area contributed by atoms with Gasteiger partial charge in [-0.05, 0) is 44.7 Å². The van der Waals surface area contributed by atoms with Crippen LogP contribution in [0.2, 0.25) is 0 Å². The van der Waals surface area contributed by atoms with Crippen LogP contribution in [0, 0.1) is 5.92 Å². The van der Waals surface area contributed by atoms with E-state index in [-0.39, 0.29) is 29.7 Å². The highest BCUT2D eigenvalue weighted by Crippen LogP contribution is 2.43. The molecule has 0 amide bonds. The Morgan fingerprint density at radius 3 is 2.54 bits per heavy atom. The van der Waals surface area contributed by atoms with Gasteiger partial charge < -0.3 is 10.1 Å². The third-order valence-electron chi connectivity index (χ3n) is 5.13. The number of allylic oxidation sites excluding steroid dienone is 3. The molecular formula is C22H27NO3. The standard InChI is InChI=1S/C22H27NO3/c1-5-15-9-11-16(12-10-15)20-19(22(25)26-13(2)3)14(4)23-17-7-6-8-18(24)21(17)20/h7,9-13,20-21,23H,5-6,8H2,1-4H3. The number of esters is 1. The van der Waals surface area contributed by atoms with Crippen molar-refractivity contribution in [1.82, 2.24) is 5.32 Å². The molecule has 1 aliphatic carbocycles. The van der Waals surface area contributed by atoms with Crippen molar-refractivity contribution in [3.63, 3.8) is 0 Å². The predicted octanol–water partition coefficient (Wildman–Crippen LogP) is 4.02. The van der Waals surface area contributed by atoms with Crippen LogP contribution in [0.3, 0.4) is 0 Å². The minimum atomic E-state index is -0.341. The lowest BCUT2D eigenvalue weighted by molar-refractivity contribution is -0.143. The Balaban J connectivity index is 2.11. The quantitative estimate of drug-likeness (QED) is 0.831. The molecule has 3 rings (SSSR count). The highest BCUT2D eigenvalue weighted by Gasteiger charge is 2.43. The van der Waals surface area contributed by atoms with Crippen molar-refractivity contribution in [2.24, 2.45) is 5.92 Å². The summed E-state index contributed by atoms with van der Waals surface area (Å²) in [5.74, 6) is -0.795. The first-order valence-corrected chi connectivity index (χ1v) is 9.42. The van der Waals surface area contributed by atoms with Gasteiger partial charge in [0.1, 0.15) is 5.78 Å². The maximum absolute atomic E-state index is 12.9. The van der Waals surface area contributed by atoms with Crippen LogP contribution in [-0.4, -0.2) is 17.9 Å². The van der Waals surface area contributed by atoms with Gasteiger partial charge in [0.25, 0.3) is 0 Å². The fourth-order valence-corrected chi connectivity index (χ4v) is 3.88. The van der Waals surface area contributed by atoms with Crippen molar-refractivity contribution >= 4 is 11.8 Å². The first-order valence-electron chi connectivity index (χ1n) is 9.42. The van der Waals surface area contributed by atoms with E-state index in [1.54, 1.807) is 0 Å². The maximum Gasteiger partial charge on any atom is 0.336 e. The highest BCUT2D eigenvalue weighted by atomic mass is 16.5. The van der Waals surface area contributed by atoms with Crippen LogP contribution in [0.25, 0.3) is 0 Å². The first-order chi connectivity index (χ1) is 12.4. The summed E-state index contributed by atoms with van der Waals surface area (Å²) in [6, 6.07) is 8.25. The van der Waals surface area contributed by atoms with E-state index in [4.69, 9.17) is 4.74 Å². The molecule has 1 aromatic carbocycles. The molecule has 0 saturated heterocycles. The first kappa shape index (κ1) is 18.4. The van der Waals surface area contributed by atoms with E-state index >= 15 is 0 Å². The average Bonchev–Trinajstić information content (AvgIpc) is 2.60. The largest absolute Gasteiger partial charge is 0.460 e. The van der Waals surface area contributed by atoms with Gasteiger partial charge in [0.2, 0.25) is 0 Å². The molecule has 4 nitrogen and oxygen atoms in total. The van der Waals surface area contributed by atoms with Crippen molar-refractivity contribution < 1.29 is 14.3 Å². The molecule has 2 atom stereocenters. The minimum Gasteiger partial charge on any atom is -0.460 e. The fraction of sp³-hybridized carbons (Fsp3) is 0.455. The zero-order valence-electron chi connectivity index (χ0n) is 16.0. The Morgan fingerprint density at radius 1 is 1.23 bits per heavy atom. The van der Waals surface area contributed by atoms with Crippen molar-refractivity contribution in [3.05, 3.63) is 58.4 Å². The van der Waals surface area contributed by atoms with Gasteiger partial charge in [0, 0.05) is 23.7 Å². The number of aryl methyl sites for hydroxylation is 1. The van der Waals surface area contributed by atoms with Crippen LogP contribution < -0.4 is 5.32 Å². The predicted molar refractivity (Wildman–Crippen MR) is 101 cm³/mol. The third kappa shape index (κ3) is 3.46. The summed E-state index contributed by atoms with van der Waals surface area (Å²) in [5.41, 5.74) is 4.49. The summed E-state index contributed by atoms with van der Waals surface area (Å²) < 4.78 is 5.50. The zero-order chi connectivity index (χ0) is 18.8. The molecule has 2 unspecified atom stereocenters. The topological polar surface area (TPSA) is 55.4 Å². The summed E-state index contributed by atoms with van der Waals surface area (Å²) in [4.78, 5) is 25.6. The van der Waals surface area contributed by atoms with Gasteiger partial charge in [-0.25, -0.2) is 4.79 Å². The lowest BCUT2D eigenvalue weighted by atomic mass is 9.71. The number of hydrogen-bond acceptors (Lipinski definition) is 4. The number of Topliss-reactive ketones (excluding diaryl/α,β-unsaturated/α-hetero) is 1. The van der Waals surface area contributed by atoms with Crippen LogP contribution in [0.15, 0.2) is 47.3 Å². The molecule has 1 aliphatic heterocycles. The molecule has 0 fully saturated rings. The number of rotatable bonds is 4. The van der Waals surface area contributed by atoms with Gasteiger partial charge in [-0.2, -0.15) is 0 Å². The monoisotopic (exact) mass is 353 g/mol. The van der Waals surface area contributed by atoms with E-state index in [0.29, 0.717) is 12.0 Å². The normalized spacial score (nSPS) is 22.7. The Hall–Kier alpha value is -2.36. The van der Waals surface area contributed by atoms with Crippen molar-refractivity contribution in [1.29, 1.82) is 0 Å². The number of benzene rings is 1. The Bertz CT molecular complexity index is 771. The number of nitrogens with one attached hydrogen (secondary N) is 1. The van der Waals surface area contributed by atoms with Crippen LogP contribution in [0.4, 0.5) is 0 Å². The van der Waals surface area contributed by atoms with E-state index < -0.39 is 0 Å². The summed E-state index contributed by atoms with van der Waals surface area (Å²) in [6.07, 6.45) is 4.11. The second kappa shape index (κ2) is 7.48. The molecule has 138 valence electrons. The van der Waals surface area contributed by atoms with Gasteiger partial charge in [0.05, 0.1) is 17.6 Å². The van der Waals surface area contributed by atoms with Gasteiger partial charge in [-0.1, -0.05) is 37.3 Å². The van der Waals surface area contributed by atoms with Crippen molar-refractivity contribution in [3.8, 4) is 0 Å². The minimum absolute atomic E-state index is 0.182. The van der Waals surface area contributed by atoms with Crippen LogP contribution >= 0.6 is 0 Å². The average molecular weight is 353 g/mol. The number of hydrogen-bond donors (Lipinski definition) is 1. The van der Waals surface area contributed by atoms with E-state index in [0.717, 1.165) is 29.8 Å². The summed E-state index contributed by atoms with van der Waals surface area (Å²) >= 11 is 0. The molecular weight excluding hydrogens is 326 g/mol. The smallest absolute Gasteiger partial charge is 0.336 e. The van der Waals surface area contributed by atoms with Crippen LogP contribution in [-0.2, 0) is 20.7 Å². The van der Waals surface area contributed by atoms with E-state index in [9.17, 15) is 9.59 Å². The van der Waals surface area contributed by atoms with Gasteiger partial charge in [-0.3, -0.25) is 4.79 Å². The van der Waals surface area contributed by atoms with Gasteiger partial charge in [0.15, 0.2) is 0 Å². The Kier molecular flexibility index (Phi) is 5.30. The number of carbonyl (C=O) groups is 2. The molecule has 0 saturated carbocycles. The number of ether oxygens (including phenoxy) is 1. The van der Waals surface area contributed by atoms with Crippen LogP contribution in [0.1, 0.15) is 57.6 Å². The summed E-state index contributed by atoms with van der Waals surface area (Å²) in [5, 5.41) is 3.29. The number of ketones is 1. The molecule has 0 spiro atoms. The van der Waals surface area contributed by atoms with E-state index in [1.165, 1.54) is 5.56 Å².